The number of benzene rings is 2. The van der Waals surface area contributed by atoms with Crippen LogP contribution in [0.3, 0.4) is 0 Å². The Hall–Kier alpha value is -3.56. The Morgan fingerprint density at radius 2 is 1.66 bits per heavy atom. The Morgan fingerprint density at radius 3 is 2.55 bits per heavy atom. The summed E-state index contributed by atoms with van der Waals surface area (Å²) in [6.07, 6.45) is 23.3. The molecule has 0 amide bonds. The fourth-order valence-corrected chi connectivity index (χ4v) is 8.85. The number of rotatable bonds is 3. The lowest BCUT2D eigenvalue weighted by molar-refractivity contribution is 0.450. The molecule has 1 saturated heterocycles. The van der Waals surface area contributed by atoms with E-state index in [9.17, 15) is 0 Å². The van der Waals surface area contributed by atoms with Gasteiger partial charge in [0, 0.05) is 33.5 Å². The lowest BCUT2D eigenvalue weighted by Crippen LogP contribution is -2.46. The molecule has 2 nitrogen and oxygen atoms in total. The first kappa shape index (κ1) is 22.4. The zero-order valence-corrected chi connectivity index (χ0v) is 22.0. The van der Waals surface area contributed by atoms with Crippen LogP contribution in [0.4, 0.5) is 5.82 Å². The topological polar surface area (TPSA) is 16.1 Å². The molecule has 8 rings (SSSR count). The second-order valence-corrected chi connectivity index (χ2v) is 12.2. The second kappa shape index (κ2) is 9.03. The maximum Gasteiger partial charge on any atom is 0.130 e. The molecule has 0 N–H and O–H groups in total. The molecule has 2 aliphatic heterocycles. The van der Waals surface area contributed by atoms with Gasteiger partial charge in [-0.2, -0.15) is 0 Å². The first-order valence-corrected chi connectivity index (χ1v) is 14.7. The summed E-state index contributed by atoms with van der Waals surface area (Å²) < 4.78 is 0. The summed E-state index contributed by atoms with van der Waals surface area (Å²) in [5.74, 6) is 2.52. The van der Waals surface area contributed by atoms with Crippen molar-refractivity contribution in [2.75, 3.05) is 4.90 Å². The molecule has 38 heavy (non-hydrogen) atoms. The highest BCUT2D eigenvalue weighted by Gasteiger charge is 2.55. The first-order chi connectivity index (χ1) is 18.8. The molecule has 0 radical (unpaired) electrons. The van der Waals surface area contributed by atoms with Crippen molar-refractivity contribution in [3.8, 4) is 11.3 Å². The fraction of sp³-hybridized carbons (Fsp3) is 0.229. The van der Waals surface area contributed by atoms with E-state index >= 15 is 0 Å². The summed E-state index contributed by atoms with van der Waals surface area (Å²) in [5, 5.41) is 0.484. The van der Waals surface area contributed by atoms with Crippen molar-refractivity contribution in [3.05, 3.63) is 133 Å². The average Bonchev–Trinajstić information content (AvgIpc) is 3.54. The quantitative estimate of drug-likeness (QED) is 0.330. The van der Waals surface area contributed by atoms with Gasteiger partial charge in [0.25, 0.3) is 0 Å². The first-order valence-electron chi connectivity index (χ1n) is 13.9. The third-order valence-electron chi connectivity index (χ3n) is 8.93. The minimum atomic E-state index is 0.314. The number of allylic oxidation sites excluding steroid dienone is 7. The number of pyridine rings is 1. The van der Waals surface area contributed by atoms with Crippen LogP contribution in [0.5, 0.6) is 0 Å². The molecule has 3 aromatic rings. The van der Waals surface area contributed by atoms with E-state index < -0.39 is 0 Å². The molecule has 5 unspecified atom stereocenters. The van der Waals surface area contributed by atoms with Crippen molar-refractivity contribution in [1.82, 2.24) is 4.98 Å². The van der Waals surface area contributed by atoms with E-state index in [-0.39, 0.29) is 0 Å². The molecule has 3 aliphatic carbocycles. The number of fused-ring (bicyclic) bond motifs is 7. The highest BCUT2D eigenvalue weighted by Crippen LogP contribution is 2.57. The molecular formula is C35H30N2S. The van der Waals surface area contributed by atoms with E-state index in [4.69, 9.17) is 4.98 Å². The van der Waals surface area contributed by atoms with Gasteiger partial charge >= 0.3 is 0 Å². The molecule has 0 saturated carbocycles. The zero-order chi connectivity index (χ0) is 25.1. The smallest absolute Gasteiger partial charge is 0.130 e. The number of thioether (sulfide) groups is 1. The summed E-state index contributed by atoms with van der Waals surface area (Å²) in [6.45, 7) is 0. The molecule has 0 spiro atoms. The summed E-state index contributed by atoms with van der Waals surface area (Å²) in [7, 11) is 0. The van der Waals surface area contributed by atoms with Crippen LogP contribution in [0, 0.1) is 11.8 Å². The minimum Gasteiger partial charge on any atom is -0.345 e. The highest BCUT2D eigenvalue weighted by atomic mass is 32.2. The minimum absolute atomic E-state index is 0.314. The lowest BCUT2D eigenvalue weighted by atomic mass is 9.76. The summed E-state index contributed by atoms with van der Waals surface area (Å²) in [4.78, 5) is 9.56. The molecule has 186 valence electrons. The lowest BCUT2D eigenvalue weighted by Gasteiger charge is -2.39. The zero-order valence-electron chi connectivity index (χ0n) is 21.2. The Kier molecular flexibility index (Phi) is 5.33. The van der Waals surface area contributed by atoms with Gasteiger partial charge in [-0.1, -0.05) is 103 Å². The van der Waals surface area contributed by atoms with E-state index in [0.717, 1.165) is 24.4 Å². The van der Waals surface area contributed by atoms with Crippen molar-refractivity contribution in [1.29, 1.82) is 0 Å². The Labute approximate surface area is 229 Å². The summed E-state index contributed by atoms with van der Waals surface area (Å²) in [5.41, 5.74) is 6.44. The van der Waals surface area contributed by atoms with Crippen LogP contribution in [0.2, 0.25) is 0 Å². The Balaban J connectivity index is 1.29. The number of hydrogen-bond donors (Lipinski definition) is 0. The highest BCUT2D eigenvalue weighted by molar-refractivity contribution is 8.00. The fourth-order valence-electron chi connectivity index (χ4n) is 7.22. The third kappa shape index (κ3) is 3.52. The van der Waals surface area contributed by atoms with Gasteiger partial charge in [-0.15, -0.1) is 11.8 Å². The van der Waals surface area contributed by atoms with E-state index in [0.29, 0.717) is 35.1 Å². The van der Waals surface area contributed by atoms with Gasteiger partial charge in [0.05, 0.1) is 17.8 Å². The molecule has 5 aliphatic rings. The van der Waals surface area contributed by atoms with Gasteiger partial charge in [0.2, 0.25) is 0 Å². The number of hydrogen-bond acceptors (Lipinski definition) is 3. The van der Waals surface area contributed by atoms with Crippen molar-refractivity contribution in [2.45, 2.75) is 41.0 Å². The summed E-state index contributed by atoms with van der Waals surface area (Å²) >= 11 is 2.08. The predicted molar refractivity (Wildman–Crippen MR) is 159 cm³/mol. The van der Waals surface area contributed by atoms with E-state index in [1.807, 2.05) is 0 Å². The van der Waals surface area contributed by atoms with Crippen LogP contribution in [-0.4, -0.2) is 22.3 Å². The van der Waals surface area contributed by atoms with Crippen LogP contribution >= 0.6 is 11.8 Å². The molecule has 1 aromatic heterocycles. The second-order valence-electron chi connectivity index (χ2n) is 11.0. The van der Waals surface area contributed by atoms with Crippen molar-refractivity contribution in [3.63, 3.8) is 0 Å². The SMILES string of the molecule is C1=CCCC(c2cc(-c3ccccc3)nc(N3C4C=CC=CC4C4C=CC5c6ccccc6SC5[C@@H]43)c2)=C1. The van der Waals surface area contributed by atoms with Crippen molar-refractivity contribution < 1.29 is 0 Å². The van der Waals surface area contributed by atoms with Crippen molar-refractivity contribution in [2.24, 2.45) is 11.8 Å². The van der Waals surface area contributed by atoms with Gasteiger partial charge in [-0.25, -0.2) is 4.98 Å². The largest absolute Gasteiger partial charge is 0.345 e. The van der Waals surface area contributed by atoms with Crippen LogP contribution in [0.25, 0.3) is 16.8 Å². The van der Waals surface area contributed by atoms with Gasteiger partial charge in [-0.3, -0.25) is 0 Å². The van der Waals surface area contributed by atoms with E-state index in [1.165, 1.54) is 27.2 Å². The van der Waals surface area contributed by atoms with Crippen LogP contribution in [0.15, 0.2) is 126 Å². The normalized spacial score (nSPS) is 30.0. The average molecular weight is 511 g/mol. The maximum absolute atomic E-state index is 5.42. The molecule has 3 heteroatoms. The standard InChI is InChI=1S/C35H30N2S/c1-3-11-23(12-4-1)25-21-30(24-13-5-2-6-14-24)36-33(22-25)37-31-17-9-7-15-26(31)28-19-20-29-27-16-8-10-18-32(27)38-35(29)34(28)37/h1-3,5-11,13-22,26,28-29,31,34-35H,4,12H2/t26?,28?,29?,31?,34-,35?/m1/s1. The monoisotopic (exact) mass is 510 g/mol. The Bertz CT molecular complexity index is 1550. The Morgan fingerprint density at radius 1 is 0.789 bits per heavy atom. The molecule has 0 bridgehead atoms. The number of aromatic nitrogens is 1. The van der Waals surface area contributed by atoms with E-state index in [1.54, 1.807) is 0 Å². The van der Waals surface area contributed by atoms with Gasteiger partial charge in [0.1, 0.15) is 5.82 Å². The molecule has 3 heterocycles. The van der Waals surface area contributed by atoms with E-state index in [2.05, 4.69) is 138 Å². The molecular weight excluding hydrogens is 480 g/mol. The number of anilines is 1. The summed E-state index contributed by atoms with van der Waals surface area (Å²) in [6, 6.07) is 25.1. The van der Waals surface area contributed by atoms with Crippen LogP contribution < -0.4 is 4.90 Å². The molecule has 2 aromatic carbocycles. The predicted octanol–water partition coefficient (Wildman–Crippen LogP) is 8.23. The van der Waals surface area contributed by atoms with Crippen LogP contribution in [-0.2, 0) is 0 Å². The van der Waals surface area contributed by atoms with Gasteiger partial charge in [0.15, 0.2) is 0 Å². The third-order valence-corrected chi connectivity index (χ3v) is 10.4. The molecule has 1 fully saturated rings. The van der Waals surface area contributed by atoms with Crippen LogP contribution in [0.1, 0.15) is 29.9 Å². The molecule has 6 atom stereocenters. The van der Waals surface area contributed by atoms with Crippen molar-refractivity contribution >= 4 is 23.2 Å². The van der Waals surface area contributed by atoms with Gasteiger partial charge in [-0.05, 0) is 47.7 Å². The van der Waals surface area contributed by atoms with Gasteiger partial charge < -0.3 is 4.90 Å². The maximum atomic E-state index is 5.42. The number of nitrogens with zero attached hydrogens (tertiary/aromatic N) is 2.